The summed E-state index contributed by atoms with van der Waals surface area (Å²) in [5.74, 6) is -0.301. The van der Waals surface area contributed by atoms with Gasteiger partial charge >= 0.3 is 5.97 Å². The summed E-state index contributed by atoms with van der Waals surface area (Å²) in [7, 11) is 0. The van der Waals surface area contributed by atoms with Crippen LogP contribution in [0.3, 0.4) is 0 Å². The molecule has 1 unspecified atom stereocenters. The van der Waals surface area contributed by atoms with Crippen LogP contribution in [0.2, 0.25) is 0 Å². The molecule has 1 aromatic carbocycles. The molecule has 4 N–H and O–H groups in total. The quantitative estimate of drug-likeness (QED) is 0.760. The summed E-state index contributed by atoms with van der Waals surface area (Å²) in [5.41, 5.74) is 8.16. The van der Waals surface area contributed by atoms with Gasteiger partial charge in [0.05, 0.1) is 5.56 Å². The summed E-state index contributed by atoms with van der Waals surface area (Å²) in [6.07, 6.45) is 3.21. The van der Waals surface area contributed by atoms with E-state index in [9.17, 15) is 9.90 Å². The van der Waals surface area contributed by atoms with Crippen molar-refractivity contribution in [2.75, 3.05) is 18.4 Å². The summed E-state index contributed by atoms with van der Waals surface area (Å²) in [6.45, 7) is 1.54. The largest absolute Gasteiger partial charge is 0.478 e. The van der Waals surface area contributed by atoms with Crippen LogP contribution < -0.4 is 11.1 Å². The lowest BCUT2D eigenvalue weighted by molar-refractivity contribution is 0.0685. The Morgan fingerprint density at radius 2 is 2.39 bits per heavy atom. The van der Waals surface area contributed by atoms with Crippen molar-refractivity contribution in [3.05, 3.63) is 29.3 Å². The molecule has 3 rings (SSSR count). The van der Waals surface area contributed by atoms with Crippen LogP contribution in [0.4, 0.5) is 5.69 Å². The second kappa shape index (κ2) is 3.99. The summed E-state index contributed by atoms with van der Waals surface area (Å²) < 4.78 is 0. The van der Waals surface area contributed by atoms with Gasteiger partial charge < -0.3 is 16.2 Å². The van der Waals surface area contributed by atoms with E-state index in [1.165, 1.54) is 0 Å². The van der Waals surface area contributed by atoms with Crippen LogP contribution in [-0.2, 0) is 5.41 Å². The molecule has 1 fully saturated rings. The van der Waals surface area contributed by atoms with Gasteiger partial charge in [0.1, 0.15) is 0 Å². The van der Waals surface area contributed by atoms with Gasteiger partial charge in [0.25, 0.3) is 0 Å². The van der Waals surface area contributed by atoms with Crippen LogP contribution in [0.1, 0.15) is 35.2 Å². The number of anilines is 1. The lowest BCUT2D eigenvalue weighted by Crippen LogP contribution is -2.47. The Balaban J connectivity index is 2.08. The maximum atomic E-state index is 11.4. The fourth-order valence-electron chi connectivity index (χ4n) is 3.64. The van der Waals surface area contributed by atoms with Gasteiger partial charge in [0.15, 0.2) is 0 Å². The lowest BCUT2D eigenvalue weighted by atomic mass is 9.56. The Bertz CT molecular complexity index is 501. The Kier molecular flexibility index (Phi) is 2.55. The number of carbonyl (C=O) groups is 1. The van der Waals surface area contributed by atoms with Gasteiger partial charge in [-0.3, -0.25) is 0 Å². The molecule has 1 heterocycles. The molecule has 1 aromatic rings. The van der Waals surface area contributed by atoms with Crippen LogP contribution in [-0.4, -0.2) is 24.2 Å². The minimum absolute atomic E-state index is 0.0175. The predicted octanol–water partition coefficient (Wildman–Crippen LogP) is 1.81. The molecule has 0 radical (unpaired) electrons. The van der Waals surface area contributed by atoms with Gasteiger partial charge in [0, 0.05) is 17.6 Å². The van der Waals surface area contributed by atoms with E-state index in [0.29, 0.717) is 18.0 Å². The van der Waals surface area contributed by atoms with Crippen LogP contribution in [0, 0.1) is 5.92 Å². The number of rotatable bonds is 3. The molecule has 4 nitrogen and oxygen atoms in total. The number of fused-ring (bicyclic) bond motifs is 2. The molecule has 0 amide bonds. The third-order valence-electron chi connectivity index (χ3n) is 4.62. The maximum Gasteiger partial charge on any atom is 0.336 e. The zero-order chi connectivity index (χ0) is 12.8. The van der Waals surface area contributed by atoms with E-state index in [1.54, 1.807) is 6.07 Å². The maximum absolute atomic E-state index is 11.4. The molecule has 1 spiro atoms. The van der Waals surface area contributed by atoms with E-state index in [0.717, 1.165) is 37.1 Å². The summed E-state index contributed by atoms with van der Waals surface area (Å²) >= 11 is 0. The zero-order valence-electron chi connectivity index (χ0n) is 10.3. The number of nitrogens with two attached hydrogens (primary N) is 1. The second-order valence-corrected chi connectivity index (χ2v) is 5.36. The van der Waals surface area contributed by atoms with Crippen molar-refractivity contribution >= 4 is 11.7 Å². The van der Waals surface area contributed by atoms with Gasteiger partial charge in [-0.05, 0) is 49.4 Å². The normalized spacial score (nSPS) is 28.6. The third kappa shape index (κ3) is 1.38. The average Bonchev–Trinajstić information content (AvgIpc) is 2.76. The summed E-state index contributed by atoms with van der Waals surface area (Å²) in [6, 6.07) is 5.51. The molecule has 4 heteroatoms. The van der Waals surface area contributed by atoms with Crippen molar-refractivity contribution in [1.82, 2.24) is 0 Å². The Hall–Kier alpha value is -1.55. The van der Waals surface area contributed by atoms with Crippen LogP contribution in [0.25, 0.3) is 0 Å². The van der Waals surface area contributed by atoms with E-state index in [1.807, 2.05) is 12.1 Å². The molecule has 0 aromatic heterocycles. The Morgan fingerprint density at radius 3 is 3.00 bits per heavy atom. The fraction of sp³-hybridized carbons (Fsp3) is 0.500. The van der Waals surface area contributed by atoms with E-state index >= 15 is 0 Å². The first-order chi connectivity index (χ1) is 8.69. The first-order valence-corrected chi connectivity index (χ1v) is 6.50. The monoisotopic (exact) mass is 246 g/mol. The highest BCUT2D eigenvalue weighted by atomic mass is 16.4. The Labute approximate surface area is 106 Å². The molecule has 1 aliphatic heterocycles. The second-order valence-electron chi connectivity index (χ2n) is 5.36. The summed E-state index contributed by atoms with van der Waals surface area (Å²) in [4.78, 5) is 11.4. The molecular weight excluding hydrogens is 228 g/mol. The highest BCUT2D eigenvalue weighted by molar-refractivity contribution is 5.93. The molecule has 18 heavy (non-hydrogen) atoms. The highest BCUT2D eigenvalue weighted by Crippen LogP contribution is 2.56. The van der Waals surface area contributed by atoms with Crippen LogP contribution in [0.15, 0.2) is 18.2 Å². The van der Waals surface area contributed by atoms with Crippen molar-refractivity contribution in [3.8, 4) is 0 Å². The third-order valence-corrected chi connectivity index (χ3v) is 4.62. The Morgan fingerprint density at radius 1 is 1.56 bits per heavy atom. The van der Waals surface area contributed by atoms with E-state index in [4.69, 9.17) is 5.73 Å². The zero-order valence-corrected chi connectivity index (χ0v) is 10.3. The molecule has 2 atom stereocenters. The van der Waals surface area contributed by atoms with Crippen molar-refractivity contribution in [2.45, 2.75) is 24.7 Å². The van der Waals surface area contributed by atoms with Crippen molar-refractivity contribution in [3.63, 3.8) is 0 Å². The van der Waals surface area contributed by atoms with Crippen LogP contribution in [0.5, 0.6) is 0 Å². The first kappa shape index (κ1) is 11.5. The van der Waals surface area contributed by atoms with Crippen LogP contribution >= 0.6 is 0 Å². The molecule has 0 saturated heterocycles. The molecular formula is C14H18N2O2. The van der Waals surface area contributed by atoms with Gasteiger partial charge in [-0.1, -0.05) is 6.07 Å². The minimum Gasteiger partial charge on any atom is -0.478 e. The smallest absolute Gasteiger partial charge is 0.336 e. The van der Waals surface area contributed by atoms with E-state index < -0.39 is 5.97 Å². The predicted molar refractivity (Wildman–Crippen MR) is 70.0 cm³/mol. The SMILES string of the molecule is NCCC1CC[C@@]12CNc1cccc(C(=O)O)c12. The van der Waals surface area contributed by atoms with Gasteiger partial charge in [-0.2, -0.15) is 0 Å². The number of carboxylic acid groups (broad SMARTS) is 1. The van der Waals surface area contributed by atoms with Gasteiger partial charge in [-0.25, -0.2) is 4.79 Å². The number of nitrogens with one attached hydrogen (secondary N) is 1. The van der Waals surface area contributed by atoms with E-state index in [-0.39, 0.29) is 5.41 Å². The molecule has 96 valence electrons. The lowest BCUT2D eigenvalue weighted by Gasteiger charge is -2.48. The topological polar surface area (TPSA) is 75.3 Å². The fourth-order valence-corrected chi connectivity index (χ4v) is 3.64. The number of carboxylic acids is 1. The number of hydrogen-bond acceptors (Lipinski definition) is 3. The molecule has 2 aliphatic rings. The van der Waals surface area contributed by atoms with Gasteiger partial charge in [-0.15, -0.1) is 0 Å². The van der Waals surface area contributed by atoms with Crippen molar-refractivity contribution < 1.29 is 9.90 Å². The number of benzene rings is 1. The highest BCUT2D eigenvalue weighted by Gasteiger charge is 2.52. The van der Waals surface area contributed by atoms with E-state index in [2.05, 4.69) is 5.32 Å². The average molecular weight is 246 g/mol. The molecule has 1 saturated carbocycles. The first-order valence-electron chi connectivity index (χ1n) is 6.50. The summed E-state index contributed by atoms with van der Waals surface area (Å²) in [5, 5.41) is 12.7. The van der Waals surface area contributed by atoms with Crippen molar-refractivity contribution in [2.24, 2.45) is 11.7 Å². The minimum atomic E-state index is -0.826. The molecule has 1 aliphatic carbocycles. The van der Waals surface area contributed by atoms with Gasteiger partial charge in [0.2, 0.25) is 0 Å². The number of hydrogen-bond donors (Lipinski definition) is 3. The number of aromatic carboxylic acids is 1. The standard InChI is InChI=1S/C14H18N2O2/c15-7-5-9-4-6-14(9)8-16-11-3-1-2-10(12(11)14)13(17)18/h1-3,9,16H,4-8,15H2,(H,17,18)/t9?,14-/m1/s1. The molecule has 0 bridgehead atoms. The van der Waals surface area contributed by atoms with Crippen molar-refractivity contribution in [1.29, 1.82) is 0 Å².